The van der Waals surface area contributed by atoms with E-state index in [0.717, 1.165) is 27.3 Å². The number of methoxy groups -OCH3 is 1. The summed E-state index contributed by atoms with van der Waals surface area (Å²) in [5.41, 5.74) is 2.04. The number of thioether (sulfide) groups is 1. The molecule has 1 saturated carbocycles. The van der Waals surface area contributed by atoms with Crippen LogP contribution in [-0.2, 0) is 22.6 Å². The summed E-state index contributed by atoms with van der Waals surface area (Å²) in [5.74, 6) is 0.617. The van der Waals surface area contributed by atoms with Gasteiger partial charge in [0.1, 0.15) is 12.4 Å². The smallest absolute Gasteiger partial charge is 0.305 e. The summed E-state index contributed by atoms with van der Waals surface area (Å²) in [7, 11) is 1.41. The molecule has 0 atom stereocenters. The maximum Gasteiger partial charge on any atom is 0.305 e. The molecule has 1 aromatic heterocycles. The van der Waals surface area contributed by atoms with Gasteiger partial charge in [0.05, 0.1) is 17.8 Å². The number of rotatable bonds is 8. The van der Waals surface area contributed by atoms with Crippen molar-refractivity contribution in [2.75, 3.05) is 7.11 Å². The van der Waals surface area contributed by atoms with Gasteiger partial charge in [-0.2, -0.15) is 0 Å². The molecule has 25 heavy (non-hydrogen) atoms. The summed E-state index contributed by atoms with van der Waals surface area (Å²) >= 11 is 1.87. The third-order valence-electron chi connectivity index (χ3n) is 4.28. The first kappa shape index (κ1) is 17.8. The van der Waals surface area contributed by atoms with Crippen molar-refractivity contribution in [3.63, 3.8) is 0 Å². The Balaban J connectivity index is 1.49. The molecule has 0 saturated heterocycles. The highest BCUT2D eigenvalue weighted by Gasteiger charge is 2.19. The lowest BCUT2D eigenvalue weighted by Crippen LogP contribution is -2.13. The molecule has 2 aromatic rings. The number of pyridine rings is 1. The van der Waals surface area contributed by atoms with E-state index in [-0.39, 0.29) is 5.97 Å². The molecule has 1 fully saturated rings. The average molecular weight is 357 g/mol. The molecule has 132 valence electrons. The van der Waals surface area contributed by atoms with Gasteiger partial charge in [0.15, 0.2) is 0 Å². The number of esters is 1. The summed E-state index contributed by atoms with van der Waals surface area (Å²) in [6, 6.07) is 13.9. The highest BCUT2D eigenvalue weighted by atomic mass is 32.2. The Morgan fingerprint density at radius 2 is 2.00 bits per heavy atom. The van der Waals surface area contributed by atoms with E-state index in [2.05, 4.69) is 15.8 Å². The van der Waals surface area contributed by atoms with E-state index in [4.69, 9.17) is 4.74 Å². The number of hydrogen-bond donors (Lipinski definition) is 0. The Morgan fingerprint density at radius 1 is 1.20 bits per heavy atom. The molecular weight excluding hydrogens is 334 g/mol. The van der Waals surface area contributed by atoms with Crippen molar-refractivity contribution in [3.05, 3.63) is 53.7 Å². The Bertz CT molecular complexity index is 698. The second-order valence-electron chi connectivity index (χ2n) is 6.15. The number of carbonyl (C=O) groups excluding carboxylic acids is 1. The topological polar surface area (TPSA) is 48.4 Å². The van der Waals surface area contributed by atoms with Crippen LogP contribution < -0.4 is 4.74 Å². The second kappa shape index (κ2) is 8.90. The molecule has 0 unspecified atom stereocenters. The Hall–Kier alpha value is -2.01. The fraction of sp³-hybridized carbons (Fsp3) is 0.400. The lowest BCUT2D eigenvalue weighted by atomic mass is 10.0. The van der Waals surface area contributed by atoms with Crippen LogP contribution in [0.15, 0.2) is 47.5 Å². The van der Waals surface area contributed by atoms with Gasteiger partial charge in [-0.15, -0.1) is 11.8 Å². The number of carbonyl (C=O) groups is 1. The summed E-state index contributed by atoms with van der Waals surface area (Å²) in [6.07, 6.45) is 5.02. The summed E-state index contributed by atoms with van der Waals surface area (Å²) in [6.45, 7) is 0.459. The molecule has 0 bridgehead atoms. The maximum atomic E-state index is 11.2. The van der Waals surface area contributed by atoms with Gasteiger partial charge in [0.2, 0.25) is 0 Å². The molecule has 1 heterocycles. The van der Waals surface area contributed by atoms with E-state index in [0.29, 0.717) is 19.4 Å². The minimum absolute atomic E-state index is 0.189. The molecule has 1 aromatic carbocycles. The van der Waals surface area contributed by atoms with E-state index in [9.17, 15) is 4.79 Å². The van der Waals surface area contributed by atoms with E-state index in [1.165, 1.54) is 26.4 Å². The zero-order valence-corrected chi connectivity index (χ0v) is 15.3. The van der Waals surface area contributed by atoms with Gasteiger partial charge in [0.25, 0.3) is 0 Å². The Kier molecular flexibility index (Phi) is 6.34. The van der Waals surface area contributed by atoms with Gasteiger partial charge >= 0.3 is 5.97 Å². The number of benzene rings is 1. The van der Waals surface area contributed by atoms with Crippen molar-refractivity contribution >= 4 is 17.7 Å². The number of aromatic nitrogens is 1. The SMILES string of the molecule is COC(=O)CCc1ccc(OCc2cccc(SC3CCC3)n2)cc1. The molecule has 1 aliphatic carbocycles. The quantitative estimate of drug-likeness (QED) is 0.655. The first-order chi connectivity index (χ1) is 12.2. The van der Waals surface area contributed by atoms with Crippen LogP contribution in [0.3, 0.4) is 0 Å². The molecule has 0 radical (unpaired) electrons. The van der Waals surface area contributed by atoms with Gasteiger partial charge < -0.3 is 9.47 Å². The fourth-order valence-electron chi connectivity index (χ4n) is 2.52. The van der Waals surface area contributed by atoms with Crippen LogP contribution in [-0.4, -0.2) is 23.3 Å². The van der Waals surface area contributed by atoms with Crippen molar-refractivity contribution in [1.82, 2.24) is 4.98 Å². The van der Waals surface area contributed by atoms with E-state index in [1.54, 1.807) is 0 Å². The van der Waals surface area contributed by atoms with Crippen LogP contribution in [0.25, 0.3) is 0 Å². The minimum Gasteiger partial charge on any atom is -0.487 e. The predicted molar refractivity (Wildman–Crippen MR) is 98.8 cm³/mol. The van der Waals surface area contributed by atoms with Crippen molar-refractivity contribution < 1.29 is 14.3 Å². The van der Waals surface area contributed by atoms with E-state index in [1.807, 2.05) is 48.2 Å². The average Bonchev–Trinajstić information content (AvgIpc) is 2.62. The fourth-order valence-corrected chi connectivity index (χ4v) is 3.76. The van der Waals surface area contributed by atoms with Gasteiger partial charge in [0, 0.05) is 11.7 Å². The molecule has 3 rings (SSSR count). The third-order valence-corrected chi connectivity index (χ3v) is 5.55. The van der Waals surface area contributed by atoms with Crippen LogP contribution in [0.4, 0.5) is 0 Å². The van der Waals surface area contributed by atoms with Crippen molar-refractivity contribution in [3.8, 4) is 5.75 Å². The zero-order valence-electron chi connectivity index (χ0n) is 14.4. The standard InChI is InChI=1S/C20H23NO3S/c1-23-20(22)13-10-15-8-11-17(12-9-15)24-14-16-4-2-7-19(21-16)25-18-5-3-6-18/h2,4,7-9,11-12,18H,3,5-6,10,13-14H2,1H3. The Labute approximate surface area is 152 Å². The second-order valence-corrected chi connectivity index (χ2v) is 7.47. The van der Waals surface area contributed by atoms with Crippen molar-refractivity contribution in [1.29, 1.82) is 0 Å². The highest BCUT2D eigenvalue weighted by Crippen LogP contribution is 2.35. The van der Waals surface area contributed by atoms with Crippen molar-refractivity contribution in [2.24, 2.45) is 0 Å². The predicted octanol–water partition coefficient (Wildman–Crippen LogP) is 4.41. The van der Waals surface area contributed by atoms with Crippen LogP contribution in [0.5, 0.6) is 5.75 Å². The first-order valence-corrected chi connectivity index (χ1v) is 9.52. The number of ether oxygens (including phenoxy) is 2. The third kappa shape index (κ3) is 5.49. The van der Waals surface area contributed by atoms with Crippen LogP contribution in [0.1, 0.15) is 36.9 Å². The van der Waals surface area contributed by atoms with Gasteiger partial charge in [-0.25, -0.2) is 4.98 Å². The number of hydrogen-bond acceptors (Lipinski definition) is 5. The zero-order chi connectivity index (χ0) is 17.5. The summed E-state index contributed by atoms with van der Waals surface area (Å²) in [4.78, 5) is 15.8. The van der Waals surface area contributed by atoms with Crippen molar-refractivity contribution in [2.45, 2.75) is 49.0 Å². The van der Waals surface area contributed by atoms with Gasteiger partial charge in [-0.1, -0.05) is 24.6 Å². The van der Waals surface area contributed by atoms with Crippen LogP contribution in [0, 0.1) is 0 Å². The monoisotopic (exact) mass is 357 g/mol. The molecule has 0 aliphatic heterocycles. The van der Waals surface area contributed by atoms with Gasteiger partial charge in [-0.3, -0.25) is 4.79 Å². The van der Waals surface area contributed by atoms with Crippen LogP contribution >= 0.6 is 11.8 Å². The van der Waals surface area contributed by atoms with E-state index >= 15 is 0 Å². The number of aryl methyl sites for hydroxylation is 1. The Morgan fingerprint density at radius 3 is 2.68 bits per heavy atom. The normalized spacial score (nSPS) is 14.0. The molecule has 4 nitrogen and oxygen atoms in total. The molecule has 5 heteroatoms. The van der Waals surface area contributed by atoms with Gasteiger partial charge in [-0.05, 0) is 49.1 Å². The lowest BCUT2D eigenvalue weighted by molar-refractivity contribution is -0.140. The molecule has 0 amide bonds. The highest BCUT2D eigenvalue weighted by molar-refractivity contribution is 7.99. The van der Waals surface area contributed by atoms with E-state index < -0.39 is 0 Å². The summed E-state index contributed by atoms with van der Waals surface area (Å²) < 4.78 is 10.5. The minimum atomic E-state index is -0.189. The molecular formula is C20H23NO3S. The number of nitrogens with zero attached hydrogens (tertiary/aromatic N) is 1. The lowest BCUT2D eigenvalue weighted by Gasteiger charge is -2.24. The van der Waals surface area contributed by atoms with Crippen LogP contribution in [0.2, 0.25) is 0 Å². The first-order valence-electron chi connectivity index (χ1n) is 8.64. The maximum absolute atomic E-state index is 11.2. The summed E-state index contributed by atoms with van der Waals surface area (Å²) in [5, 5.41) is 1.82. The molecule has 0 N–H and O–H groups in total. The molecule has 1 aliphatic rings. The molecule has 0 spiro atoms. The largest absolute Gasteiger partial charge is 0.487 e.